The third-order valence-electron chi connectivity index (χ3n) is 11.3. The highest BCUT2D eigenvalue weighted by Gasteiger charge is 2.79. The predicted octanol–water partition coefficient (Wildman–Crippen LogP) is 5.88. The molecule has 0 spiro atoms. The first kappa shape index (κ1) is 30.1. The van der Waals surface area contributed by atoms with Crippen LogP contribution in [0.5, 0.6) is 0 Å². The van der Waals surface area contributed by atoms with Gasteiger partial charge in [0.2, 0.25) is 12.5 Å². The maximum atomic E-state index is 17.5. The second-order valence-corrected chi connectivity index (χ2v) is 14.1. The number of ether oxygens (including phenoxy) is 3. The van der Waals surface area contributed by atoms with Crippen LogP contribution in [-0.2, 0) is 23.8 Å². The lowest BCUT2D eigenvalue weighted by Crippen LogP contribution is -2.71. The standard InChI is InChI=1S/C31H41F3O7/c1-17-11-20-21-13-23(33)22-12-18(35)8-10-28(22,4)30(21,34)24(36)15-29(20,5)31(17,25(37)39-16-32)41-26(38)40-19-7-6-9-27(2,3)14-19/h8,10,12,17,19-21,23-24,36H,6-7,9,11,13-16H2,1-5H3/t17-,19?,20+,21+,23+,24+,28+,29+,30+,31+/m1/s1. The number of allylic oxidation sites excluding steroid dienone is 4. The van der Waals surface area contributed by atoms with E-state index in [0.717, 1.165) is 18.9 Å². The molecular formula is C31H41F3O7. The number of carbonyl (C=O) groups is 3. The first-order valence-electron chi connectivity index (χ1n) is 14.6. The number of carbonyl (C=O) groups excluding carboxylic acids is 3. The fourth-order valence-corrected chi connectivity index (χ4v) is 9.40. The molecule has 0 saturated heterocycles. The zero-order valence-corrected chi connectivity index (χ0v) is 24.4. The van der Waals surface area contributed by atoms with Crippen molar-refractivity contribution in [3.05, 3.63) is 23.8 Å². The Bertz CT molecular complexity index is 1180. The van der Waals surface area contributed by atoms with E-state index in [0.29, 0.717) is 12.8 Å². The van der Waals surface area contributed by atoms with Crippen molar-refractivity contribution in [2.45, 2.75) is 109 Å². The van der Waals surface area contributed by atoms with E-state index in [9.17, 15) is 23.9 Å². The van der Waals surface area contributed by atoms with Gasteiger partial charge in [-0.15, -0.1) is 0 Å². The molecule has 1 unspecified atom stereocenters. The van der Waals surface area contributed by atoms with Crippen molar-refractivity contribution in [1.82, 2.24) is 0 Å². The molecule has 10 heteroatoms. The van der Waals surface area contributed by atoms with Gasteiger partial charge in [0.15, 0.2) is 11.5 Å². The Labute approximate surface area is 238 Å². The number of ketones is 1. The van der Waals surface area contributed by atoms with Crippen molar-refractivity contribution >= 4 is 17.9 Å². The summed E-state index contributed by atoms with van der Waals surface area (Å²) in [5, 5.41) is 11.6. The van der Waals surface area contributed by atoms with Gasteiger partial charge in [-0.25, -0.2) is 22.8 Å². The Kier molecular flexibility index (Phi) is 7.23. The van der Waals surface area contributed by atoms with Crippen LogP contribution in [0, 0.1) is 34.0 Å². The van der Waals surface area contributed by atoms with E-state index in [1.54, 1.807) is 13.8 Å². The molecule has 7 nitrogen and oxygen atoms in total. The Morgan fingerprint density at radius 1 is 1.12 bits per heavy atom. The zero-order valence-electron chi connectivity index (χ0n) is 24.4. The third-order valence-corrected chi connectivity index (χ3v) is 11.3. The maximum absolute atomic E-state index is 17.5. The summed E-state index contributed by atoms with van der Waals surface area (Å²) in [7, 11) is 0. The minimum Gasteiger partial charge on any atom is -0.431 e. The van der Waals surface area contributed by atoms with E-state index in [1.165, 1.54) is 19.1 Å². The van der Waals surface area contributed by atoms with Crippen LogP contribution in [0.2, 0.25) is 0 Å². The molecule has 1 N–H and O–H groups in total. The molecule has 0 aliphatic heterocycles. The number of aliphatic hydroxyl groups is 1. The average molecular weight is 583 g/mol. The van der Waals surface area contributed by atoms with Crippen LogP contribution in [0.4, 0.5) is 18.0 Å². The van der Waals surface area contributed by atoms with Gasteiger partial charge < -0.3 is 19.3 Å². The van der Waals surface area contributed by atoms with Crippen LogP contribution in [0.3, 0.4) is 0 Å². The molecule has 4 fully saturated rings. The maximum Gasteiger partial charge on any atom is 0.509 e. The summed E-state index contributed by atoms with van der Waals surface area (Å²) >= 11 is 0. The molecule has 0 aromatic carbocycles. The molecular weight excluding hydrogens is 541 g/mol. The van der Waals surface area contributed by atoms with Crippen molar-refractivity contribution in [3.63, 3.8) is 0 Å². The van der Waals surface area contributed by atoms with Crippen molar-refractivity contribution in [3.8, 4) is 0 Å². The number of halogens is 3. The molecule has 10 atom stereocenters. The Morgan fingerprint density at radius 3 is 2.49 bits per heavy atom. The average Bonchev–Trinajstić information content (AvgIpc) is 3.08. The number of alkyl halides is 3. The number of esters is 1. The first-order chi connectivity index (χ1) is 19.1. The molecule has 0 bridgehead atoms. The van der Waals surface area contributed by atoms with Crippen molar-refractivity contribution in [1.29, 1.82) is 0 Å². The first-order valence-corrected chi connectivity index (χ1v) is 14.6. The molecule has 0 aromatic rings. The molecule has 5 aliphatic carbocycles. The second-order valence-electron chi connectivity index (χ2n) is 14.1. The van der Waals surface area contributed by atoms with Gasteiger partial charge in [0.05, 0.1) is 6.10 Å². The van der Waals surface area contributed by atoms with Crippen LogP contribution in [0.15, 0.2) is 23.8 Å². The lowest BCUT2D eigenvalue weighted by atomic mass is 9.44. The van der Waals surface area contributed by atoms with Crippen LogP contribution in [0.1, 0.15) is 79.6 Å². The van der Waals surface area contributed by atoms with E-state index in [2.05, 4.69) is 13.8 Å². The fourth-order valence-electron chi connectivity index (χ4n) is 9.40. The Hall–Kier alpha value is -2.36. The summed E-state index contributed by atoms with van der Waals surface area (Å²) in [6.45, 7) is 7.39. The van der Waals surface area contributed by atoms with Gasteiger partial charge in [0, 0.05) is 22.7 Å². The molecule has 0 amide bonds. The summed E-state index contributed by atoms with van der Waals surface area (Å²) in [6.07, 6.45) is 1.20. The third kappa shape index (κ3) is 4.20. The number of fused-ring (bicyclic) bond motifs is 5. The molecule has 228 valence electrons. The van der Waals surface area contributed by atoms with E-state index in [4.69, 9.17) is 14.2 Å². The van der Waals surface area contributed by atoms with Crippen LogP contribution < -0.4 is 0 Å². The van der Waals surface area contributed by atoms with Gasteiger partial charge in [-0.1, -0.05) is 33.8 Å². The van der Waals surface area contributed by atoms with Crippen molar-refractivity contribution in [2.24, 2.45) is 34.0 Å². The number of hydrogen-bond acceptors (Lipinski definition) is 7. The summed E-state index contributed by atoms with van der Waals surface area (Å²) in [5.41, 5.74) is -7.59. The molecule has 0 heterocycles. The van der Waals surface area contributed by atoms with E-state index in [-0.39, 0.29) is 30.3 Å². The SMILES string of the molecule is C[C@@H]1C[C@H]2[C@@H]3C[C@H](F)C4=CC(=O)C=C[C@]4(C)[C@@]3(F)[C@@H](O)C[C@]2(C)[C@@]1(OC(=O)OC1CCCC(C)(C)C1)C(=O)OCF. The highest BCUT2D eigenvalue weighted by atomic mass is 19.1. The number of aliphatic hydroxyl groups excluding tert-OH is 1. The smallest absolute Gasteiger partial charge is 0.431 e. The summed E-state index contributed by atoms with van der Waals surface area (Å²) in [5.74, 6) is -4.23. The summed E-state index contributed by atoms with van der Waals surface area (Å²) in [4.78, 5) is 39.0. The summed E-state index contributed by atoms with van der Waals surface area (Å²) in [6, 6.07) is 0. The van der Waals surface area contributed by atoms with Gasteiger partial charge in [-0.2, -0.15) is 0 Å². The Morgan fingerprint density at radius 2 is 1.83 bits per heavy atom. The minimum atomic E-state index is -2.38. The van der Waals surface area contributed by atoms with E-state index < -0.39 is 83.0 Å². The van der Waals surface area contributed by atoms with Crippen LogP contribution in [0.25, 0.3) is 0 Å². The lowest BCUT2D eigenvalue weighted by Gasteiger charge is -2.62. The molecule has 5 rings (SSSR count). The minimum absolute atomic E-state index is 0.0178. The van der Waals surface area contributed by atoms with Crippen molar-refractivity contribution in [2.75, 3.05) is 6.86 Å². The predicted molar refractivity (Wildman–Crippen MR) is 142 cm³/mol. The Balaban J connectivity index is 1.53. The van der Waals surface area contributed by atoms with Crippen LogP contribution in [-0.4, -0.2) is 59.5 Å². The van der Waals surface area contributed by atoms with E-state index >= 15 is 8.78 Å². The molecule has 4 saturated carbocycles. The van der Waals surface area contributed by atoms with Crippen molar-refractivity contribution < 1.29 is 46.9 Å². The number of hydrogen-bond donors (Lipinski definition) is 1. The fraction of sp³-hybridized carbons (Fsp3) is 0.774. The van der Waals surface area contributed by atoms with Gasteiger partial charge in [-0.05, 0) is 80.9 Å². The molecule has 5 aliphatic rings. The normalized spacial score (nSPS) is 46.5. The largest absolute Gasteiger partial charge is 0.509 e. The second kappa shape index (κ2) is 9.85. The topological polar surface area (TPSA) is 99.1 Å². The monoisotopic (exact) mass is 582 g/mol. The number of rotatable bonds is 4. The zero-order chi connectivity index (χ0) is 30.2. The summed E-state index contributed by atoms with van der Waals surface area (Å²) < 4.78 is 63.1. The highest BCUT2D eigenvalue weighted by molar-refractivity contribution is 6.01. The lowest BCUT2D eigenvalue weighted by molar-refractivity contribution is -0.235. The molecule has 0 aromatic heterocycles. The molecule has 41 heavy (non-hydrogen) atoms. The van der Waals surface area contributed by atoms with Gasteiger partial charge in [0.25, 0.3) is 0 Å². The quantitative estimate of drug-likeness (QED) is 0.413. The van der Waals surface area contributed by atoms with Crippen LogP contribution >= 0.6 is 0 Å². The van der Waals surface area contributed by atoms with Gasteiger partial charge in [0.1, 0.15) is 12.3 Å². The highest BCUT2D eigenvalue weighted by Crippen LogP contribution is 2.71. The van der Waals surface area contributed by atoms with Gasteiger partial charge in [-0.3, -0.25) is 4.79 Å². The molecule has 0 radical (unpaired) electrons. The van der Waals surface area contributed by atoms with Gasteiger partial charge >= 0.3 is 12.1 Å². The van der Waals surface area contributed by atoms with E-state index in [1.807, 2.05) is 0 Å².